The number of Topliss-reactive ketones (excluding diaryl/α,β-unsaturated/α-hetero) is 1. The van der Waals surface area contributed by atoms with Crippen molar-refractivity contribution in [2.45, 2.75) is 70.3 Å². The number of carbonyl (C=O) groups excluding carboxylic acids is 3. The molecule has 8 heteroatoms. The molecule has 2 heterocycles. The van der Waals surface area contributed by atoms with Crippen molar-refractivity contribution in [1.29, 1.82) is 0 Å². The molecule has 3 aromatic carbocycles. The Kier molecular flexibility index (Phi) is 10.6. The molecule has 8 nitrogen and oxygen atoms in total. The van der Waals surface area contributed by atoms with Crippen molar-refractivity contribution in [3.8, 4) is 23.0 Å². The van der Waals surface area contributed by atoms with Crippen LogP contribution in [-0.4, -0.2) is 44.7 Å². The summed E-state index contributed by atoms with van der Waals surface area (Å²) in [5.41, 5.74) is 3.49. The van der Waals surface area contributed by atoms with Crippen LogP contribution in [0.2, 0.25) is 0 Å². The summed E-state index contributed by atoms with van der Waals surface area (Å²) in [5, 5.41) is 0. The maximum atomic E-state index is 13.7. The number of rotatable bonds is 7. The summed E-state index contributed by atoms with van der Waals surface area (Å²) < 4.78 is 28.7. The van der Waals surface area contributed by atoms with E-state index in [1.807, 2.05) is 67.6 Å². The highest BCUT2D eigenvalue weighted by molar-refractivity contribution is 5.99. The van der Waals surface area contributed by atoms with Crippen LogP contribution in [0, 0.1) is 0 Å². The maximum absolute atomic E-state index is 13.7. The molecule has 0 saturated heterocycles. The summed E-state index contributed by atoms with van der Waals surface area (Å²) in [6, 6.07) is 17.3. The largest absolute Gasteiger partial charge is 0.497 e. The van der Waals surface area contributed by atoms with Crippen molar-refractivity contribution in [3.05, 3.63) is 88.5 Å². The van der Waals surface area contributed by atoms with E-state index in [0.29, 0.717) is 72.6 Å². The summed E-state index contributed by atoms with van der Waals surface area (Å²) in [4.78, 5) is 38.7. The first-order chi connectivity index (χ1) is 21.9. The topological polar surface area (TPSA) is 97.4 Å². The number of fused-ring (bicyclic) bond motifs is 2. The van der Waals surface area contributed by atoms with Gasteiger partial charge in [0.05, 0.1) is 33.4 Å². The fourth-order valence-corrected chi connectivity index (χ4v) is 5.87. The van der Waals surface area contributed by atoms with E-state index in [-0.39, 0.29) is 24.3 Å². The molecule has 5 rings (SSSR count). The molecule has 0 fully saturated rings. The van der Waals surface area contributed by atoms with Crippen molar-refractivity contribution in [2.24, 2.45) is 0 Å². The molecule has 236 valence electrons. The molecule has 0 saturated carbocycles. The van der Waals surface area contributed by atoms with Crippen LogP contribution < -0.4 is 18.9 Å². The summed E-state index contributed by atoms with van der Waals surface area (Å²) in [5.74, 6) is 1.17. The van der Waals surface area contributed by atoms with Gasteiger partial charge in [-0.25, -0.2) is 4.79 Å². The molecule has 2 aliphatic rings. The molecule has 0 unspecified atom stereocenters. The van der Waals surface area contributed by atoms with Crippen molar-refractivity contribution in [3.63, 3.8) is 0 Å². The lowest BCUT2D eigenvalue weighted by Gasteiger charge is -2.29. The predicted octanol–water partition coefficient (Wildman–Crippen LogP) is 7.25. The van der Waals surface area contributed by atoms with Gasteiger partial charge in [0, 0.05) is 30.7 Å². The van der Waals surface area contributed by atoms with Crippen molar-refractivity contribution >= 4 is 23.8 Å². The number of ketones is 1. The molecule has 0 spiro atoms. The minimum atomic E-state index is -0.513. The minimum Gasteiger partial charge on any atom is -0.497 e. The number of allylic oxidation sites excluding steroid dienone is 1. The second-order valence-corrected chi connectivity index (χ2v) is 11.5. The van der Waals surface area contributed by atoms with E-state index < -0.39 is 11.9 Å². The van der Waals surface area contributed by atoms with Gasteiger partial charge in [-0.1, -0.05) is 36.4 Å². The summed E-state index contributed by atoms with van der Waals surface area (Å²) in [6.07, 6.45) is 7.86. The van der Waals surface area contributed by atoms with Crippen molar-refractivity contribution in [2.75, 3.05) is 20.8 Å². The summed E-state index contributed by atoms with van der Waals surface area (Å²) >= 11 is 0. The van der Waals surface area contributed by atoms with Crippen LogP contribution >= 0.6 is 0 Å². The van der Waals surface area contributed by atoms with Crippen LogP contribution in [0.5, 0.6) is 23.0 Å². The van der Waals surface area contributed by atoms with Gasteiger partial charge in [-0.2, -0.15) is 0 Å². The van der Waals surface area contributed by atoms with Crippen molar-refractivity contribution < 1.29 is 38.1 Å². The lowest BCUT2D eigenvalue weighted by molar-refractivity contribution is -0.135. The highest BCUT2D eigenvalue weighted by atomic mass is 16.5. The highest BCUT2D eigenvalue weighted by Crippen LogP contribution is 2.47. The van der Waals surface area contributed by atoms with Gasteiger partial charge in [-0.3, -0.25) is 9.59 Å². The van der Waals surface area contributed by atoms with E-state index >= 15 is 0 Å². The highest BCUT2D eigenvalue weighted by Gasteiger charge is 2.36. The molecule has 0 aromatic heterocycles. The number of cyclic esters (lactones) is 1. The zero-order valence-electron chi connectivity index (χ0n) is 26.1. The molecule has 3 aromatic rings. The number of hydrogen-bond acceptors (Lipinski definition) is 8. The lowest BCUT2D eigenvalue weighted by Crippen LogP contribution is -2.24. The Bertz CT molecular complexity index is 1540. The Hall–Kier alpha value is -4.59. The predicted molar refractivity (Wildman–Crippen MR) is 170 cm³/mol. The molecule has 0 N–H and O–H groups in total. The molecular formula is C37H40O8. The van der Waals surface area contributed by atoms with Crippen LogP contribution in [-0.2, 0) is 20.7 Å². The average molecular weight is 613 g/mol. The SMILES string of the molecule is COc1ccc(CCOc2ccc([C@@H]3CC(=O)Oc4cc5c(c(OC)c43)C(=O)O[C@@H](C)CCCC(=O)CCCC=C5)cc2)cc1. The third-order valence-corrected chi connectivity index (χ3v) is 8.26. The van der Waals surface area contributed by atoms with Gasteiger partial charge in [-0.05, 0) is 79.6 Å². The quantitative estimate of drug-likeness (QED) is 0.203. The standard InChI is InChI=1S/C37H40O8/c1-24-8-7-11-28(38)10-6-4-5-9-27-22-32-35(36(42-3)34(27)37(40)44-24)31(23-33(39)45-32)26-14-18-30(19-15-26)43-21-20-25-12-16-29(41-2)17-13-25/h5,9,12-19,22,24,31H,4,6-8,10-11,20-21,23H2,1-3H3/t24-,31-/m0/s1. The number of esters is 2. The van der Waals surface area contributed by atoms with E-state index in [1.54, 1.807) is 13.2 Å². The van der Waals surface area contributed by atoms with Gasteiger partial charge >= 0.3 is 11.9 Å². The molecule has 2 aliphatic heterocycles. The van der Waals surface area contributed by atoms with E-state index in [0.717, 1.165) is 29.7 Å². The normalized spacial score (nSPS) is 19.0. The fraction of sp³-hybridized carbons (Fsp3) is 0.378. The minimum absolute atomic E-state index is 0.0924. The average Bonchev–Trinajstić information content (AvgIpc) is 3.03. The van der Waals surface area contributed by atoms with Crippen LogP contribution in [0.1, 0.15) is 90.4 Å². The zero-order valence-corrected chi connectivity index (χ0v) is 26.1. The number of ether oxygens (including phenoxy) is 5. The van der Waals surface area contributed by atoms with Crippen LogP contribution in [0.4, 0.5) is 0 Å². The molecular weight excluding hydrogens is 572 g/mol. The number of benzene rings is 3. The van der Waals surface area contributed by atoms with Crippen molar-refractivity contribution in [1.82, 2.24) is 0 Å². The Morgan fingerprint density at radius 2 is 1.62 bits per heavy atom. The molecule has 45 heavy (non-hydrogen) atoms. The third-order valence-electron chi connectivity index (χ3n) is 8.26. The van der Waals surface area contributed by atoms with E-state index in [4.69, 9.17) is 23.7 Å². The van der Waals surface area contributed by atoms with Gasteiger partial charge in [0.2, 0.25) is 0 Å². The van der Waals surface area contributed by atoms with Crippen LogP contribution in [0.25, 0.3) is 6.08 Å². The zero-order chi connectivity index (χ0) is 31.8. The lowest BCUT2D eigenvalue weighted by atomic mass is 9.83. The van der Waals surface area contributed by atoms with Crippen LogP contribution in [0.3, 0.4) is 0 Å². The molecule has 0 radical (unpaired) electrons. The second kappa shape index (κ2) is 14.9. The molecule has 0 amide bonds. The Labute approximate surface area is 264 Å². The van der Waals surface area contributed by atoms with E-state index in [1.165, 1.54) is 7.11 Å². The Balaban J connectivity index is 1.42. The molecule has 2 atom stereocenters. The van der Waals surface area contributed by atoms with Gasteiger partial charge < -0.3 is 23.7 Å². The smallest absolute Gasteiger partial charge is 0.342 e. The molecule has 0 aliphatic carbocycles. The first-order valence-corrected chi connectivity index (χ1v) is 15.6. The van der Waals surface area contributed by atoms with Gasteiger partial charge in [0.25, 0.3) is 0 Å². The second-order valence-electron chi connectivity index (χ2n) is 11.5. The number of carbonyl (C=O) groups is 3. The molecule has 0 bridgehead atoms. The number of methoxy groups -OCH3 is 2. The van der Waals surface area contributed by atoms with E-state index in [2.05, 4.69) is 0 Å². The van der Waals surface area contributed by atoms with Crippen LogP contribution in [0.15, 0.2) is 60.7 Å². The van der Waals surface area contributed by atoms with Gasteiger partial charge in [0.15, 0.2) is 0 Å². The van der Waals surface area contributed by atoms with Gasteiger partial charge in [0.1, 0.15) is 34.3 Å². The summed E-state index contributed by atoms with van der Waals surface area (Å²) in [6.45, 7) is 2.34. The first-order valence-electron chi connectivity index (χ1n) is 15.6. The first kappa shape index (κ1) is 31.8. The summed E-state index contributed by atoms with van der Waals surface area (Å²) in [7, 11) is 3.16. The Morgan fingerprint density at radius 3 is 2.36 bits per heavy atom. The number of hydrogen-bond donors (Lipinski definition) is 0. The monoisotopic (exact) mass is 612 g/mol. The third kappa shape index (κ3) is 7.93. The Morgan fingerprint density at radius 1 is 0.889 bits per heavy atom. The van der Waals surface area contributed by atoms with E-state index in [9.17, 15) is 14.4 Å². The van der Waals surface area contributed by atoms with Gasteiger partial charge in [-0.15, -0.1) is 0 Å². The maximum Gasteiger partial charge on any atom is 0.342 e. The fourth-order valence-electron chi connectivity index (χ4n) is 5.87.